The summed E-state index contributed by atoms with van der Waals surface area (Å²) in [6, 6.07) is 6.14. The predicted octanol–water partition coefficient (Wildman–Crippen LogP) is 3.51. The number of nitrogens with zero attached hydrogens (tertiary/aromatic N) is 2. The van der Waals surface area contributed by atoms with Crippen LogP contribution in [0.4, 0.5) is 5.69 Å². The predicted molar refractivity (Wildman–Crippen MR) is 151 cm³/mol. The fraction of sp³-hybridized carbons (Fsp3) is 0.581. The van der Waals surface area contributed by atoms with Gasteiger partial charge in [-0.05, 0) is 69.2 Å². The SMILES string of the molecule is C=CCCCCOC(=O)[C@@H]1[C@H]2C(=O)N(CCCO)C(C(=O)N(CC=C)c3ccc(OC)cc3)C23CC(C)[C@@]1(C)O3. The normalized spacial score (nSPS) is 30.2. The van der Waals surface area contributed by atoms with Gasteiger partial charge in [0.15, 0.2) is 0 Å². The summed E-state index contributed by atoms with van der Waals surface area (Å²) in [5.74, 6) is -2.18. The van der Waals surface area contributed by atoms with Crippen molar-refractivity contribution in [3.8, 4) is 5.75 Å². The summed E-state index contributed by atoms with van der Waals surface area (Å²) >= 11 is 0. The van der Waals surface area contributed by atoms with Crippen molar-refractivity contribution in [1.82, 2.24) is 4.90 Å². The highest BCUT2D eigenvalue weighted by Gasteiger charge is 2.80. The number of aliphatic hydroxyl groups excluding tert-OH is 1. The van der Waals surface area contributed by atoms with Crippen LogP contribution in [-0.4, -0.2) is 78.4 Å². The molecule has 0 aliphatic carbocycles. The molecular weight excluding hydrogens is 512 g/mol. The lowest BCUT2D eigenvalue weighted by atomic mass is 9.62. The molecule has 2 amide bonds. The van der Waals surface area contributed by atoms with E-state index in [1.54, 1.807) is 42.4 Å². The number of hydrogen-bond donors (Lipinski definition) is 1. The second-order valence-electron chi connectivity index (χ2n) is 11.2. The molecule has 1 aromatic rings. The van der Waals surface area contributed by atoms with Crippen LogP contribution in [-0.2, 0) is 23.9 Å². The maximum absolute atomic E-state index is 14.5. The Hall–Kier alpha value is -3.17. The minimum absolute atomic E-state index is 0.0863. The molecule has 1 aromatic carbocycles. The molecule has 3 aliphatic heterocycles. The molecule has 2 bridgehead atoms. The Balaban J connectivity index is 1.71. The van der Waals surface area contributed by atoms with Gasteiger partial charge in [-0.25, -0.2) is 0 Å². The van der Waals surface area contributed by atoms with Crippen LogP contribution in [0.15, 0.2) is 49.6 Å². The number of aliphatic hydroxyl groups is 1. The van der Waals surface area contributed by atoms with E-state index < -0.39 is 35.0 Å². The maximum atomic E-state index is 14.5. The third kappa shape index (κ3) is 4.94. The monoisotopic (exact) mass is 554 g/mol. The molecule has 1 N–H and O–H groups in total. The Bertz CT molecular complexity index is 1120. The van der Waals surface area contributed by atoms with Gasteiger partial charge in [0.1, 0.15) is 23.3 Å². The zero-order valence-electron chi connectivity index (χ0n) is 23.8. The summed E-state index contributed by atoms with van der Waals surface area (Å²) in [7, 11) is 1.57. The van der Waals surface area contributed by atoms with Crippen LogP contribution in [0, 0.1) is 17.8 Å². The first kappa shape index (κ1) is 29.8. The van der Waals surface area contributed by atoms with Crippen LogP contribution in [0.5, 0.6) is 5.75 Å². The molecule has 3 heterocycles. The van der Waals surface area contributed by atoms with Gasteiger partial charge in [0.05, 0.1) is 25.2 Å². The molecule has 0 aromatic heterocycles. The number of amides is 2. The number of benzene rings is 1. The lowest BCUT2D eigenvalue weighted by molar-refractivity contribution is -0.161. The van der Waals surface area contributed by atoms with E-state index in [-0.39, 0.29) is 44.0 Å². The van der Waals surface area contributed by atoms with Crippen molar-refractivity contribution in [3.63, 3.8) is 0 Å². The van der Waals surface area contributed by atoms with Gasteiger partial charge in [-0.3, -0.25) is 14.4 Å². The lowest BCUT2D eigenvalue weighted by Gasteiger charge is -2.37. The quantitative estimate of drug-likeness (QED) is 0.213. The highest BCUT2D eigenvalue weighted by atomic mass is 16.6. The highest BCUT2D eigenvalue weighted by Crippen LogP contribution is 2.65. The third-order valence-electron chi connectivity index (χ3n) is 8.87. The first-order valence-corrected chi connectivity index (χ1v) is 14.2. The third-order valence-corrected chi connectivity index (χ3v) is 8.87. The van der Waals surface area contributed by atoms with Crippen molar-refractivity contribution in [2.75, 3.05) is 38.3 Å². The summed E-state index contributed by atoms with van der Waals surface area (Å²) in [6.45, 7) is 11.9. The summed E-state index contributed by atoms with van der Waals surface area (Å²) in [5.41, 5.74) is -1.50. The molecule has 0 saturated carbocycles. The van der Waals surface area contributed by atoms with Crippen molar-refractivity contribution in [3.05, 3.63) is 49.6 Å². The molecule has 6 atom stereocenters. The summed E-state index contributed by atoms with van der Waals surface area (Å²) in [6.07, 6.45) is 6.61. The second kappa shape index (κ2) is 12.1. The van der Waals surface area contributed by atoms with Crippen molar-refractivity contribution in [2.45, 2.75) is 63.2 Å². The van der Waals surface area contributed by atoms with Crippen LogP contribution in [0.25, 0.3) is 0 Å². The first-order chi connectivity index (χ1) is 19.2. The number of hydrogen-bond acceptors (Lipinski definition) is 7. The second-order valence-corrected chi connectivity index (χ2v) is 11.2. The molecule has 1 spiro atoms. The van der Waals surface area contributed by atoms with Gasteiger partial charge in [-0.2, -0.15) is 0 Å². The minimum Gasteiger partial charge on any atom is -0.497 e. The number of allylic oxidation sites excluding steroid dienone is 1. The van der Waals surface area contributed by atoms with E-state index in [2.05, 4.69) is 13.2 Å². The Morgan fingerprint density at radius 2 is 1.93 bits per heavy atom. The topological polar surface area (TPSA) is 106 Å². The van der Waals surface area contributed by atoms with Crippen LogP contribution in [0.3, 0.4) is 0 Å². The number of likely N-dealkylation sites (tertiary alicyclic amines) is 1. The van der Waals surface area contributed by atoms with E-state index in [1.807, 2.05) is 19.9 Å². The van der Waals surface area contributed by atoms with Gasteiger partial charge >= 0.3 is 5.97 Å². The molecule has 40 heavy (non-hydrogen) atoms. The number of rotatable bonds is 14. The van der Waals surface area contributed by atoms with Gasteiger partial charge in [-0.1, -0.05) is 19.1 Å². The van der Waals surface area contributed by atoms with Gasteiger partial charge in [-0.15, -0.1) is 13.2 Å². The number of ether oxygens (including phenoxy) is 3. The van der Waals surface area contributed by atoms with Crippen LogP contribution < -0.4 is 9.64 Å². The fourth-order valence-electron chi connectivity index (χ4n) is 6.87. The van der Waals surface area contributed by atoms with Crippen molar-refractivity contribution in [1.29, 1.82) is 0 Å². The van der Waals surface area contributed by atoms with E-state index in [1.165, 1.54) is 4.90 Å². The zero-order chi connectivity index (χ0) is 29.1. The highest BCUT2D eigenvalue weighted by molar-refractivity contribution is 6.04. The molecule has 3 saturated heterocycles. The number of anilines is 1. The Labute approximate surface area is 236 Å². The molecule has 3 aliphatic rings. The number of fused-ring (bicyclic) bond motifs is 1. The summed E-state index contributed by atoms with van der Waals surface area (Å²) < 4.78 is 17.7. The van der Waals surface area contributed by atoms with E-state index in [9.17, 15) is 19.5 Å². The van der Waals surface area contributed by atoms with Crippen LogP contribution >= 0.6 is 0 Å². The minimum atomic E-state index is -1.18. The summed E-state index contributed by atoms with van der Waals surface area (Å²) in [5, 5.41) is 9.60. The summed E-state index contributed by atoms with van der Waals surface area (Å²) in [4.78, 5) is 45.3. The largest absolute Gasteiger partial charge is 0.497 e. The molecule has 4 rings (SSSR count). The average molecular weight is 555 g/mol. The van der Waals surface area contributed by atoms with Crippen molar-refractivity contribution < 1.29 is 33.7 Å². The molecule has 3 unspecified atom stereocenters. The standard InChI is InChI=1S/C31H42N2O7/c1-6-8-9-10-19-39-29(37)25-24-27(35)33(17-11-18-34)26(31(24)20-21(3)30(25,4)40-31)28(36)32(16-7-2)22-12-14-23(38-5)15-13-22/h6-7,12-15,21,24-26,34H,1-2,8-11,16-20H2,3-5H3/t21?,24-,25-,26?,30+,31?/m0/s1. The van der Waals surface area contributed by atoms with Crippen LogP contribution in [0.1, 0.15) is 46.0 Å². The Morgan fingerprint density at radius 1 is 1.20 bits per heavy atom. The van der Waals surface area contributed by atoms with Crippen molar-refractivity contribution >= 4 is 23.5 Å². The number of unbranched alkanes of at least 4 members (excludes halogenated alkanes) is 2. The Kier molecular flexibility index (Phi) is 9.05. The lowest BCUT2D eigenvalue weighted by Crippen LogP contribution is -2.57. The van der Waals surface area contributed by atoms with Gasteiger partial charge in [0.2, 0.25) is 5.91 Å². The Morgan fingerprint density at radius 3 is 2.55 bits per heavy atom. The average Bonchev–Trinajstić information content (AvgIpc) is 3.46. The zero-order valence-corrected chi connectivity index (χ0v) is 23.8. The van der Waals surface area contributed by atoms with Crippen LogP contribution in [0.2, 0.25) is 0 Å². The molecule has 218 valence electrons. The smallest absolute Gasteiger partial charge is 0.312 e. The van der Waals surface area contributed by atoms with Gasteiger partial charge < -0.3 is 29.1 Å². The van der Waals surface area contributed by atoms with E-state index in [0.29, 0.717) is 30.7 Å². The molecule has 3 fully saturated rings. The number of methoxy groups -OCH3 is 1. The molecule has 0 radical (unpaired) electrons. The molecule has 9 heteroatoms. The number of esters is 1. The fourth-order valence-corrected chi connectivity index (χ4v) is 6.87. The van der Waals surface area contributed by atoms with Crippen molar-refractivity contribution in [2.24, 2.45) is 17.8 Å². The number of carbonyl (C=O) groups excluding carboxylic acids is 3. The van der Waals surface area contributed by atoms with E-state index in [4.69, 9.17) is 14.2 Å². The van der Waals surface area contributed by atoms with Gasteiger partial charge in [0.25, 0.3) is 5.91 Å². The molecular formula is C31H42N2O7. The number of carbonyl (C=O) groups is 3. The maximum Gasteiger partial charge on any atom is 0.312 e. The molecule has 9 nitrogen and oxygen atoms in total. The first-order valence-electron chi connectivity index (χ1n) is 14.2. The van der Waals surface area contributed by atoms with Gasteiger partial charge in [0, 0.05) is 25.4 Å². The van der Waals surface area contributed by atoms with E-state index in [0.717, 1.165) is 12.8 Å². The van der Waals surface area contributed by atoms with E-state index >= 15 is 0 Å².